The molecule has 0 radical (unpaired) electrons. The summed E-state index contributed by atoms with van der Waals surface area (Å²) < 4.78 is 66.4. The molecule has 0 bridgehead atoms. The second-order valence-corrected chi connectivity index (χ2v) is 9.71. The minimum absolute atomic E-state index is 0.199. The molecule has 0 atom stereocenters. The molecule has 2 aromatic heterocycles. The van der Waals surface area contributed by atoms with Crippen molar-refractivity contribution in [2.24, 2.45) is 0 Å². The van der Waals surface area contributed by atoms with Crippen LogP contribution in [-0.2, 0) is 16.0 Å². The molecule has 14 heteroatoms. The van der Waals surface area contributed by atoms with E-state index in [0.717, 1.165) is 18.4 Å². The van der Waals surface area contributed by atoms with Gasteiger partial charge in [-0.3, -0.25) is 0 Å². The number of fused-ring (bicyclic) bond motifs is 1. The van der Waals surface area contributed by atoms with Crippen molar-refractivity contribution in [2.75, 3.05) is 43.1 Å². The van der Waals surface area contributed by atoms with Crippen LogP contribution in [0.15, 0.2) is 35.5 Å². The van der Waals surface area contributed by atoms with Crippen molar-refractivity contribution >= 4 is 38.5 Å². The van der Waals surface area contributed by atoms with Gasteiger partial charge < -0.3 is 20.6 Å². The van der Waals surface area contributed by atoms with Gasteiger partial charge in [0, 0.05) is 43.4 Å². The molecule has 1 saturated heterocycles. The van der Waals surface area contributed by atoms with Crippen molar-refractivity contribution in [1.29, 1.82) is 0 Å². The molecule has 1 aliphatic heterocycles. The molecule has 10 nitrogen and oxygen atoms in total. The van der Waals surface area contributed by atoms with E-state index in [1.54, 1.807) is 4.90 Å². The fourth-order valence-corrected chi connectivity index (χ4v) is 4.72. The molecule has 3 heterocycles. The van der Waals surface area contributed by atoms with Crippen molar-refractivity contribution in [2.45, 2.75) is 11.1 Å². The van der Waals surface area contributed by atoms with Gasteiger partial charge in [-0.15, -0.1) is 0 Å². The number of nitrogen functional groups attached to an aromatic ring is 1. The van der Waals surface area contributed by atoms with Gasteiger partial charge in [0.2, 0.25) is 0 Å². The van der Waals surface area contributed by atoms with Crippen molar-refractivity contribution in [3.05, 3.63) is 36.2 Å². The number of sulfone groups is 1. The molecule has 1 aromatic carbocycles. The minimum Gasteiger partial charge on any atom is -0.465 e. The molecular weight excluding hydrogens is 477 g/mol. The van der Waals surface area contributed by atoms with Crippen LogP contribution in [0.25, 0.3) is 22.2 Å². The van der Waals surface area contributed by atoms with Crippen LogP contribution in [0.2, 0.25) is 0 Å². The number of anilines is 2. The Morgan fingerprint density at radius 3 is 2.38 bits per heavy atom. The van der Waals surface area contributed by atoms with E-state index < -0.39 is 33.4 Å². The second-order valence-electron chi connectivity index (χ2n) is 7.72. The molecule has 0 spiro atoms. The normalized spacial score (nSPS) is 15.1. The second kappa shape index (κ2) is 8.27. The van der Waals surface area contributed by atoms with E-state index in [1.165, 1.54) is 23.4 Å². The van der Waals surface area contributed by atoms with E-state index in [1.807, 2.05) is 0 Å². The molecule has 180 valence electrons. The molecule has 3 N–H and O–H groups in total. The zero-order chi connectivity index (χ0) is 24.8. The lowest BCUT2D eigenvalue weighted by Crippen LogP contribution is -2.48. The Kier molecular flexibility index (Phi) is 5.71. The van der Waals surface area contributed by atoms with E-state index >= 15 is 0 Å². The molecule has 4 rings (SSSR count). The summed E-state index contributed by atoms with van der Waals surface area (Å²) in [5.41, 5.74) is 3.79. The average Bonchev–Trinajstić information content (AvgIpc) is 2.76. The summed E-state index contributed by atoms with van der Waals surface area (Å²) in [6.07, 6.45) is -3.76. The van der Waals surface area contributed by atoms with E-state index in [4.69, 9.17) is 10.8 Å². The first kappa shape index (κ1) is 23.5. The fraction of sp³-hybridized carbons (Fsp3) is 0.300. The Labute approximate surface area is 191 Å². The molecule has 0 aliphatic carbocycles. The molecule has 0 unspecified atom stereocenters. The summed E-state index contributed by atoms with van der Waals surface area (Å²) in [6.45, 7) is 1.01. The summed E-state index contributed by atoms with van der Waals surface area (Å²) in [7, 11) is -4.02. The van der Waals surface area contributed by atoms with Gasteiger partial charge in [-0.05, 0) is 24.3 Å². The van der Waals surface area contributed by atoms with E-state index in [0.29, 0.717) is 24.3 Å². The lowest BCUT2D eigenvalue weighted by Gasteiger charge is -2.34. The van der Waals surface area contributed by atoms with Gasteiger partial charge in [0.05, 0.1) is 21.7 Å². The molecular formula is C20H19F3N6O4S. The summed E-state index contributed by atoms with van der Waals surface area (Å²) in [5.74, 6) is 0.144. The van der Waals surface area contributed by atoms with Crippen LogP contribution in [-0.4, -0.2) is 71.9 Å². The van der Waals surface area contributed by atoms with Crippen molar-refractivity contribution in [1.82, 2.24) is 19.9 Å². The van der Waals surface area contributed by atoms with Gasteiger partial charge in [-0.1, -0.05) is 0 Å². The van der Waals surface area contributed by atoms with Crippen LogP contribution in [0.1, 0.15) is 5.56 Å². The zero-order valence-electron chi connectivity index (χ0n) is 17.7. The lowest BCUT2D eigenvalue weighted by atomic mass is 10.0. The number of nitrogens with zero attached hydrogens (tertiary/aromatic N) is 5. The Hall–Kier alpha value is -3.68. The number of halogens is 3. The van der Waals surface area contributed by atoms with Crippen LogP contribution in [0.5, 0.6) is 0 Å². The minimum atomic E-state index is -4.81. The van der Waals surface area contributed by atoms with Crippen molar-refractivity contribution in [3.8, 4) is 11.3 Å². The number of hydrogen-bond acceptors (Lipinski definition) is 8. The lowest BCUT2D eigenvalue weighted by molar-refractivity contribution is -0.137. The number of alkyl halides is 3. The number of nitrogens with two attached hydrogens (primary N) is 1. The number of piperazine rings is 1. The van der Waals surface area contributed by atoms with E-state index in [9.17, 15) is 26.4 Å². The maximum absolute atomic E-state index is 13.7. The van der Waals surface area contributed by atoms with Crippen LogP contribution in [0, 0.1) is 0 Å². The van der Waals surface area contributed by atoms with Crippen LogP contribution in [0.3, 0.4) is 0 Å². The van der Waals surface area contributed by atoms with Gasteiger partial charge in [0.1, 0.15) is 18.0 Å². The van der Waals surface area contributed by atoms with E-state index in [-0.39, 0.29) is 34.9 Å². The highest BCUT2D eigenvalue weighted by molar-refractivity contribution is 7.90. The third kappa shape index (κ3) is 4.40. The van der Waals surface area contributed by atoms with Gasteiger partial charge in [0.25, 0.3) is 0 Å². The molecule has 3 aromatic rings. The third-order valence-corrected chi connectivity index (χ3v) is 6.58. The number of pyridine rings is 1. The molecule has 1 amide bonds. The fourth-order valence-electron chi connectivity index (χ4n) is 3.83. The number of hydrogen-bond donors (Lipinski definition) is 2. The Bertz CT molecular complexity index is 1390. The van der Waals surface area contributed by atoms with Crippen molar-refractivity contribution in [3.63, 3.8) is 0 Å². The smallest absolute Gasteiger partial charge is 0.418 e. The first-order valence-corrected chi connectivity index (χ1v) is 11.8. The summed E-state index contributed by atoms with van der Waals surface area (Å²) in [6, 6.07) is 4.19. The van der Waals surface area contributed by atoms with Crippen LogP contribution in [0.4, 0.5) is 29.6 Å². The molecule has 1 fully saturated rings. The largest absolute Gasteiger partial charge is 0.465 e. The number of carbonyl (C=O) groups is 1. The Morgan fingerprint density at radius 1 is 1.12 bits per heavy atom. The SMILES string of the molecule is CS(=O)(=O)c1cc2c(N3CCN(C(=O)O)CC3)ncnc2cc1-c1nc(N)ccc1C(F)(F)F. The van der Waals surface area contributed by atoms with Gasteiger partial charge in [-0.25, -0.2) is 28.2 Å². The quantitative estimate of drug-likeness (QED) is 0.559. The van der Waals surface area contributed by atoms with Crippen LogP contribution < -0.4 is 10.6 Å². The monoisotopic (exact) mass is 496 g/mol. The highest BCUT2D eigenvalue weighted by atomic mass is 32.2. The predicted molar refractivity (Wildman–Crippen MR) is 117 cm³/mol. The maximum Gasteiger partial charge on any atom is 0.418 e. The number of benzene rings is 1. The molecule has 34 heavy (non-hydrogen) atoms. The first-order valence-electron chi connectivity index (χ1n) is 9.92. The topological polar surface area (TPSA) is 143 Å². The van der Waals surface area contributed by atoms with Gasteiger partial charge in [0.15, 0.2) is 9.84 Å². The summed E-state index contributed by atoms with van der Waals surface area (Å²) >= 11 is 0. The van der Waals surface area contributed by atoms with Gasteiger partial charge in [-0.2, -0.15) is 13.2 Å². The Morgan fingerprint density at radius 2 is 1.79 bits per heavy atom. The Balaban J connectivity index is 1.93. The number of aromatic nitrogens is 3. The molecule has 1 aliphatic rings. The van der Waals surface area contributed by atoms with E-state index in [2.05, 4.69) is 15.0 Å². The zero-order valence-corrected chi connectivity index (χ0v) is 18.6. The summed E-state index contributed by atoms with van der Waals surface area (Å²) in [5, 5.41) is 9.45. The standard InChI is InChI=1S/C20H19F3N6O4S/c1-34(32,33)15-9-11-14(8-12(15)17-13(20(21,22)23)2-3-16(24)27-17)25-10-26-18(11)28-4-6-29(7-5-28)19(30)31/h2-3,8-10H,4-7H2,1H3,(H2,24,27)(H,30,31). The van der Waals surface area contributed by atoms with Crippen LogP contribution >= 0.6 is 0 Å². The third-order valence-electron chi connectivity index (χ3n) is 5.44. The number of rotatable bonds is 3. The highest BCUT2D eigenvalue weighted by Gasteiger charge is 2.36. The highest BCUT2D eigenvalue weighted by Crippen LogP contribution is 2.40. The first-order chi connectivity index (χ1) is 15.9. The predicted octanol–water partition coefficient (Wildman–Crippen LogP) is 2.50. The number of carboxylic acid groups (broad SMARTS) is 1. The number of amides is 1. The molecule has 0 saturated carbocycles. The average molecular weight is 496 g/mol. The maximum atomic E-state index is 13.7. The summed E-state index contributed by atoms with van der Waals surface area (Å²) in [4.78, 5) is 26.0. The van der Waals surface area contributed by atoms with Gasteiger partial charge >= 0.3 is 12.3 Å². The van der Waals surface area contributed by atoms with Crippen molar-refractivity contribution < 1.29 is 31.5 Å².